The van der Waals surface area contributed by atoms with Gasteiger partial charge in [0.05, 0.1) is 10.4 Å². The second-order valence-electron chi connectivity index (χ2n) is 5.40. The summed E-state index contributed by atoms with van der Waals surface area (Å²) in [5.74, 6) is 0. The topological polar surface area (TPSA) is 12.0 Å². The molecule has 1 atom stereocenters. The van der Waals surface area contributed by atoms with Crippen molar-refractivity contribution in [1.82, 2.24) is 5.32 Å². The molecule has 21 heavy (non-hydrogen) atoms. The molecule has 2 heterocycles. The van der Waals surface area contributed by atoms with Crippen LogP contribution in [0.5, 0.6) is 0 Å². The molecule has 1 N–H and O–H groups in total. The maximum Gasteiger partial charge on any atom is 0.0931 e. The number of rotatable bonds is 6. The van der Waals surface area contributed by atoms with E-state index in [1.54, 1.807) is 16.9 Å². The van der Waals surface area contributed by atoms with E-state index in [4.69, 9.17) is 11.6 Å². The molecule has 0 spiro atoms. The zero-order valence-corrected chi connectivity index (χ0v) is 14.4. The summed E-state index contributed by atoms with van der Waals surface area (Å²) in [7, 11) is 0. The fraction of sp³-hybridized carbons (Fsp3) is 0.412. The Balaban J connectivity index is 1.64. The van der Waals surface area contributed by atoms with Crippen molar-refractivity contribution in [3.63, 3.8) is 0 Å². The number of hydrogen-bond acceptors (Lipinski definition) is 3. The Hall–Kier alpha value is -0.610. The van der Waals surface area contributed by atoms with Crippen LogP contribution in [0, 0.1) is 0 Å². The first-order valence-corrected chi connectivity index (χ1v) is 9.60. The molecule has 2 aromatic heterocycles. The summed E-state index contributed by atoms with van der Waals surface area (Å²) in [5.41, 5.74) is 1.63. The highest BCUT2D eigenvalue weighted by Crippen LogP contribution is 2.33. The van der Waals surface area contributed by atoms with E-state index in [0.29, 0.717) is 0 Å². The van der Waals surface area contributed by atoms with Gasteiger partial charge < -0.3 is 5.32 Å². The number of thiophene rings is 2. The molecule has 112 valence electrons. The third-order valence-corrected chi connectivity index (χ3v) is 6.12. The van der Waals surface area contributed by atoms with Crippen LogP contribution in [0.1, 0.15) is 47.9 Å². The second kappa shape index (κ2) is 7.59. The van der Waals surface area contributed by atoms with Crippen molar-refractivity contribution in [2.45, 2.75) is 38.1 Å². The highest BCUT2D eigenvalue weighted by molar-refractivity contribution is 7.16. The van der Waals surface area contributed by atoms with Crippen LogP contribution in [0.2, 0.25) is 4.34 Å². The zero-order chi connectivity index (χ0) is 14.5. The van der Waals surface area contributed by atoms with Gasteiger partial charge in [-0.05, 0) is 62.2 Å². The molecule has 0 saturated carbocycles. The third-order valence-electron chi connectivity index (χ3n) is 3.89. The number of hydrogen-bond donors (Lipinski definition) is 1. The van der Waals surface area contributed by atoms with E-state index in [0.717, 1.165) is 10.9 Å². The summed E-state index contributed by atoms with van der Waals surface area (Å²) < 4.78 is 0.864. The molecule has 1 unspecified atom stereocenters. The van der Waals surface area contributed by atoms with Gasteiger partial charge in [-0.2, -0.15) is 0 Å². The van der Waals surface area contributed by atoms with Crippen molar-refractivity contribution < 1.29 is 0 Å². The molecule has 2 aromatic rings. The van der Waals surface area contributed by atoms with E-state index in [-0.39, 0.29) is 6.04 Å². The first-order valence-electron chi connectivity index (χ1n) is 7.53. The lowest BCUT2D eigenvalue weighted by atomic mass is 9.97. The van der Waals surface area contributed by atoms with E-state index in [9.17, 15) is 0 Å². The van der Waals surface area contributed by atoms with Gasteiger partial charge in [0.2, 0.25) is 0 Å². The van der Waals surface area contributed by atoms with Crippen LogP contribution in [0.15, 0.2) is 41.3 Å². The standard InChI is InChI=1S/C17H20ClNS2/c18-16-9-8-15(21-16)17(14-7-4-12-20-14)19-11-10-13-5-2-1-3-6-13/h4-5,7-9,12,17,19H,1-3,6,10-11H2. The largest absolute Gasteiger partial charge is 0.305 e. The van der Waals surface area contributed by atoms with Crippen LogP contribution in [-0.4, -0.2) is 6.54 Å². The lowest BCUT2D eigenvalue weighted by Crippen LogP contribution is -2.22. The van der Waals surface area contributed by atoms with Crippen LogP contribution in [0.4, 0.5) is 0 Å². The fourth-order valence-electron chi connectivity index (χ4n) is 2.79. The lowest BCUT2D eigenvalue weighted by Gasteiger charge is -2.18. The van der Waals surface area contributed by atoms with Crippen LogP contribution in [0.25, 0.3) is 0 Å². The van der Waals surface area contributed by atoms with Crippen molar-refractivity contribution in [2.75, 3.05) is 6.54 Å². The average molecular weight is 338 g/mol. The molecule has 4 heteroatoms. The molecule has 0 radical (unpaired) electrons. The number of nitrogens with one attached hydrogen (secondary N) is 1. The quantitative estimate of drug-likeness (QED) is 0.634. The highest BCUT2D eigenvalue weighted by atomic mass is 35.5. The molecule has 1 aliphatic carbocycles. The molecular formula is C17H20ClNS2. The van der Waals surface area contributed by atoms with Gasteiger partial charge in [0.25, 0.3) is 0 Å². The van der Waals surface area contributed by atoms with Gasteiger partial charge in [-0.15, -0.1) is 22.7 Å². The highest BCUT2D eigenvalue weighted by Gasteiger charge is 2.16. The second-order valence-corrected chi connectivity index (χ2v) is 8.13. The Bertz CT molecular complexity index is 586. The smallest absolute Gasteiger partial charge is 0.0931 e. The third kappa shape index (κ3) is 4.19. The predicted molar refractivity (Wildman–Crippen MR) is 94.7 cm³/mol. The molecule has 0 amide bonds. The summed E-state index contributed by atoms with van der Waals surface area (Å²) in [4.78, 5) is 2.67. The molecule has 1 nitrogen and oxygen atoms in total. The minimum Gasteiger partial charge on any atom is -0.305 e. The minimum absolute atomic E-state index is 0.284. The molecule has 0 fully saturated rings. The van der Waals surface area contributed by atoms with E-state index >= 15 is 0 Å². The predicted octanol–water partition coefficient (Wildman–Crippen LogP) is 6.03. The Morgan fingerprint density at radius 3 is 2.81 bits per heavy atom. The average Bonchev–Trinajstić information content (AvgIpc) is 3.16. The van der Waals surface area contributed by atoms with Gasteiger partial charge in [0.1, 0.15) is 0 Å². The molecule has 3 rings (SSSR count). The van der Waals surface area contributed by atoms with E-state index in [2.05, 4.69) is 35.0 Å². The van der Waals surface area contributed by atoms with E-state index in [1.807, 2.05) is 17.4 Å². The number of halogens is 1. The van der Waals surface area contributed by atoms with Gasteiger partial charge in [-0.25, -0.2) is 0 Å². The Kier molecular flexibility index (Phi) is 5.53. The maximum atomic E-state index is 6.11. The van der Waals surface area contributed by atoms with Crippen LogP contribution >= 0.6 is 34.3 Å². The van der Waals surface area contributed by atoms with Crippen LogP contribution < -0.4 is 5.32 Å². The van der Waals surface area contributed by atoms with Gasteiger partial charge in [0, 0.05) is 9.75 Å². The van der Waals surface area contributed by atoms with Crippen LogP contribution in [0.3, 0.4) is 0 Å². The minimum atomic E-state index is 0.284. The van der Waals surface area contributed by atoms with Gasteiger partial charge in [0.15, 0.2) is 0 Å². The molecule has 0 saturated heterocycles. The van der Waals surface area contributed by atoms with Crippen molar-refractivity contribution in [3.05, 3.63) is 55.4 Å². The molecule has 1 aliphatic rings. The van der Waals surface area contributed by atoms with Crippen molar-refractivity contribution in [3.8, 4) is 0 Å². The van der Waals surface area contributed by atoms with Gasteiger partial charge in [-0.3, -0.25) is 0 Å². The van der Waals surface area contributed by atoms with E-state index < -0.39 is 0 Å². The van der Waals surface area contributed by atoms with E-state index in [1.165, 1.54) is 41.9 Å². The van der Waals surface area contributed by atoms with Crippen molar-refractivity contribution in [1.29, 1.82) is 0 Å². The summed E-state index contributed by atoms with van der Waals surface area (Å²) >= 11 is 9.59. The Morgan fingerprint density at radius 2 is 2.14 bits per heavy atom. The van der Waals surface area contributed by atoms with Gasteiger partial charge >= 0.3 is 0 Å². The first kappa shape index (κ1) is 15.3. The number of allylic oxidation sites excluding steroid dienone is 1. The zero-order valence-electron chi connectivity index (χ0n) is 12.0. The summed E-state index contributed by atoms with van der Waals surface area (Å²) in [5, 5.41) is 5.86. The summed E-state index contributed by atoms with van der Waals surface area (Å²) in [6.07, 6.45) is 8.89. The molecule has 0 aliphatic heterocycles. The SMILES string of the molecule is Clc1ccc(C(NCCC2=CCCCC2)c2cccs2)s1. The normalized spacial score (nSPS) is 16.7. The molecule has 0 bridgehead atoms. The Morgan fingerprint density at radius 1 is 1.19 bits per heavy atom. The molecular weight excluding hydrogens is 318 g/mol. The maximum absolute atomic E-state index is 6.11. The lowest BCUT2D eigenvalue weighted by molar-refractivity contribution is 0.596. The van der Waals surface area contributed by atoms with Crippen LogP contribution in [-0.2, 0) is 0 Å². The summed E-state index contributed by atoms with van der Waals surface area (Å²) in [6.45, 7) is 1.03. The first-order chi connectivity index (χ1) is 10.3. The van der Waals surface area contributed by atoms with Crippen molar-refractivity contribution in [2.24, 2.45) is 0 Å². The Labute approximate surface area is 139 Å². The summed E-state index contributed by atoms with van der Waals surface area (Å²) in [6, 6.07) is 8.74. The fourth-order valence-corrected chi connectivity index (χ4v) is 4.84. The van der Waals surface area contributed by atoms with Crippen molar-refractivity contribution >= 4 is 34.3 Å². The monoisotopic (exact) mass is 337 g/mol. The van der Waals surface area contributed by atoms with Gasteiger partial charge in [-0.1, -0.05) is 29.3 Å². The molecule has 0 aromatic carbocycles.